The van der Waals surface area contributed by atoms with Crippen molar-refractivity contribution in [2.24, 2.45) is 17.8 Å². The largest absolute Gasteiger partial charge is 0.466 e. The van der Waals surface area contributed by atoms with E-state index in [4.69, 9.17) is 9.47 Å². The van der Waals surface area contributed by atoms with Gasteiger partial charge in [-0.3, -0.25) is 14.4 Å². The number of nitrogens with zero attached hydrogens (tertiary/aromatic N) is 2. The molecule has 3 aliphatic rings. The fraction of sp³-hybridized carbons (Fsp3) is 0.679. The number of esters is 1. The molecule has 3 saturated heterocycles. The van der Waals surface area contributed by atoms with Gasteiger partial charge >= 0.3 is 5.97 Å². The molecular weight excluding hydrogens is 474 g/mol. The Morgan fingerprint density at radius 1 is 1.22 bits per heavy atom. The molecule has 2 N–H and O–H groups in total. The van der Waals surface area contributed by atoms with E-state index in [1.54, 1.807) is 6.92 Å². The molecule has 204 valence electrons. The zero-order chi connectivity index (χ0) is 27.1. The topological polar surface area (TPSA) is 108 Å². The molecule has 1 spiro atoms. The summed E-state index contributed by atoms with van der Waals surface area (Å²) in [5.41, 5.74) is -0.415. The third-order valence-electron chi connectivity index (χ3n) is 8.88. The van der Waals surface area contributed by atoms with Gasteiger partial charge in [0.1, 0.15) is 17.6 Å². The number of hydrogen-bond donors (Lipinski definition) is 2. The van der Waals surface area contributed by atoms with Gasteiger partial charge in [0, 0.05) is 24.5 Å². The predicted molar refractivity (Wildman–Crippen MR) is 140 cm³/mol. The molecule has 9 nitrogen and oxygen atoms in total. The number of rotatable bonds is 10. The molecule has 1 aromatic carbocycles. The molecule has 9 heteroatoms. The molecule has 37 heavy (non-hydrogen) atoms. The van der Waals surface area contributed by atoms with Crippen molar-refractivity contribution in [2.45, 2.75) is 77.7 Å². The molecule has 7 atom stereocenters. The Hall–Kier alpha value is -2.65. The van der Waals surface area contributed by atoms with E-state index >= 15 is 0 Å². The van der Waals surface area contributed by atoms with Crippen molar-refractivity contribution in [2.75, 3.05) is 36.5 Å². The monoisotopic (exact) mass is 515 g/mol. The summed E-state index contributed by atoms with van der Waals surface area (Å²) in [5.74, 6) is -2.89. The first kappa shape index (κ1) is 27.4. The van der Waals surface area contributed by atoms with Crippen molar-refractivity contribution in [1.29, 1.82) is 0 Å². The van der Waals surface area contributed by atoms with Crippen LogP contribution in [0.25, 0.3) is 0 Å². The Bertz CT molecular complexity index is 1020. The van der Waals surface area contributed by atoms with E-state index in [1.165, 1.54) is 4.90 Å². The maximum absolute atomic E-state index is 14.0. The summed E-state index contributed by atoms with van der Waals surface area (Å²) in [5, 5.41) is 13.1. The Kier molecular flexibility index (Phi) is 7.59. The van der Waals surface area contributed by atoms with Crippen LogP contribution in [-0.4, -0.2) is 77.4 Å². The minimum atomic E-state index is -1.17. The summed E-state index contributed by atoms with van der Waals surface area (Å²) in [4.78, 5) is 44.8. The van der Waals surface area contributed by atoms with Crippen LogP contribution >= 0.6 is 0 Å². The lowest BCUT2D eigenvalue weighted by atomic mass is 9.62. The predicted octanol–water partition coefficient (Wildman–Crippen LogP) is 2.82. The Morgan fingerprint density at radius 3 is 2.41 bits per heavy atom. The van der Waals surface area contributed by atoms with Crippen LogP contribution in [0.15, 0.2) is 24.3 Å². The first-order valence-corrected chi connectivity index (χ1v) is 13.6. The molecule has 2 amide bonds. The number of fused-ring (bicyclic) bond motifs is 1. The number of aliphatic hydroxyl groups excluding tert-OH is 1. The molecule has 0 saturated carbocycles. The van der Waals surface area contributed by atoms with Crippen LogP contribution in [0, 0.1) is 17.8 Å². The Balaban J connectivity index is 1.72. The van der Waals surface area contributed by atoms with Crippen LogP contribution in [0.1, 0.15) is 54.4 Å². The van der Waals surface area contributed by atoms with Gasteiger partial charge in [-0.1, -0.05) is 13.8 Å². The maximum Gasteiger partial charge on any atom is 0.312 e. The van der Waals surface area contributed by atoms with Gasteiger partial charge in [0.25, 0.3) is 0 Å². The highest BCUT2D eigenvalue weighted by atomic mass is 16.6. The summed E-state index contributed by atoms with van der Waals surface area (Å²) < 4.78 is 12.0. The summed E-state index contributed by atoms with van der Waals surface area (Å²) in [6.45, 7) is 13.3. The summed E-state index contributed by atoms with van der Waals surface area (Å²) in [6.07, 6.45) is 0.928. The first-order valence-electron chi connectivity index (χ1n) is 13.6. The van der Waals surface area contributed by atoms with Crippen LogP contribution in [-0.2, 0) is 23.9 Å². The van der Waals surface area contributed by atoms with Gasteiger partial charge in [-0.05, 0) is 70.7 Å². The van der Waals surface area contributed by atoms with Crippen molar-refractivity contribution in [3.63, 3.8) is 0 Å². The minimum Gasteiger partial charge on any atom is -0.466 e. The van der Waals surface area contributed by atoms with Crippen LogP contribution in [0.4, 0.5) is 11.4 Å². The number of ether oxygens (including phenoxy) is 2. The quantitative estimate of drug-likeness (QED) is 0.461. The maximum atomic E-state index is 14.0. The molecule has 0 radical (unpaired) electrons. The van der Waals surface area contributed by atoms with Gasteiger partial charge in [-0.2, -0.15) is 0 Å². The fourth-order valence-corrected chi connectivity index (χ4v) is 6.93. The van der Waals surface area contributed by atoms with Gasteiger partial charge in [-0.25, -0.2) is 0 Å². The van der Waals surface area contributed by atoms with E-state index in [0.717, 1.165) is 18.8 Å². The molecule has 3 aliphatic heterocycles. The Morgan fingerprint density at radius 2 is 1.86 bits per heavy atom. The number of carbonyl (C=O) groups is 3. The highest BCUT2D eigenvalue weighted by molar-refractivity contribution is 6.03. The van der Waals surface area contributed by atoms with Gasteiger partial charge in [0.05, 0.1) is 30.8 Å². The van der Waals surface area contributed by atoms with Crippen molar-refractivity contribution >= 4 is 29.2 Å². The number of aliphatic hydroxyl groups is 1. The molecular formula is C28H41N3O6. The normalized spacial score (nSPS) is 32.8. The van der Waals surface area contributed by atoms with Crippen molar-refractivity contribution < 1.29 is 29.0 Å². The zero-order valence-corrected chi connectivity index (χ0v) is 22.8. The second-order valence-corrected chi connectivity index (χ2v) is 10.7. The molecule has 3 heterocycles. The highest BCUT2D eigenvalue weighted by Crippen LogP contribution is 2.65. The highest BCUT2D eigenvalue weighted by Gasteiger charge is 2.80. The number of likely N-dealkylation sites (tertiary alicyclic amines) is 1. The lowest BCUT2D eigenvalue weighted by molar-refractivity contribution is -0.161. The standard InChI is InChI=1S/C28H41N3O6/c1-7-19(16-32)31-23(24(33)29-18-11-13-20(14-12-18)30(8-2)9-3)28-15-17(5)27(6,37-28)22(21(28)25(31)34)26(35)36-10-4/h11-14,17,19,21-23,32H,7-10,15-16H2,1-6H3,(H,29,33)/t17?,19-,21-,22+,23?,27-,28?/m0/s1. The van der Waals surface area contributed by atoms with E-state index in [0.29, 0.717) is 18.5 Å². The van der Waals surface area contributed by atoms with E-state index in [-0.39, 0.29) is 30.9 Å². The lowest BCUT2D eigenvalue weighted by Gasteiger charge is -2.36. The van der Waals surface area contributed by atoms with E-state index in [2.05, 4.69) is 24.1 Å². The molecule has 0 aromatic heterocycles. The van der Waals surface area contributed by atoms with Crippen LogP contribution in [0.5, 0.6) is 0 Å². The average molecular weight is 516 g/mol. The number of nitrogens with one attached hydrogen (secondary N) is 1. The molecule has 3 unspecified atom stereocenters. The molecule has 2 bridgehead atoms. The van der Waals surface area contributed by atoms with Crippen molar-refractivity contribution in [3.05, 3.63) is 24.3 Å². The smallest absolute Gasteiger partial charge is 0.312 e. The fourth-order valence-electron chi connectivity index (χ4n) is 6.93. The average Bonchev–Trinajstić information content (AvgIpc) is 3.39. The molecule has 3 fully saturated rings. The number of carbonyl (C=O) groups excluding carboxylic acids is 3. The van der Waals surface area contributed by atoms with E-state index in [1.807, 2.05) is 45.0 Å². The number of amides is 2. The Labute approximate surface area is 219 Å². The van der Waals surface area contributed by atoms with Gasteiger partial charge in [0.2, 0.25) is 11.8 Å². The second kappa shape index (κ2) is 10.3. The number of hydrogen-bond acceptors (Lipinski definition) is 7. The molecule has 4 rings (SSSR count). The summed E-state index contributed by atoms with van der Waals surface area (Å²) in [7, 11) is 0. The minimum absolute atomic E-state index is 0.0660. The van der Waals surface area contributed by atoms with Gasteiger partial charge in [-0.15, -0.1) is 0 Å². The third-order valence-corrected chi connectivity index (χ3v) is 8.88. The molecule has 0 aliphatic carbocycles. The summed E-state index contributed by atoms with van der Waals surface area (Å²) >= 11 is 0. The lowest BCUT2D eigenvalue weighted by Crippen LogP contribution is -2.56. The van der Waals surface area contributed by atoms with Crippen molar-refractivity contribution in [3.8, 4) is 0 Å². The third kappa shape index (κ3) is 4.11. The zero-order valence-electron chi connectivity index (χ0n) is 22.8. The first-order chi connectivity index (χ1) is 17.6. The number of benzene rings is 1. The SMILES string of the molecule is CCOC(=O)[C@H]1[C@H]2C(=O)N([C@@H](CC)CO)C(C(=O)Nc3ccc(N(CC)CC)cc3)C23CC(C)[C@]1(C)O3. The number of anilines is 2. The van der Waals surface area contributed by atoms with Crippen LogP contribution in [0.2, 0.25) is 0 Å². The van der Waals surface area contributed by atoms with E-state index in [9.17, 15) is 19.5 Å². The van der Waals surface area contributed by atoms with Crippen LogP contribution < -0.4 is 10.2 Å². The van der Waals surface area contributed by atoms with Gasteiger partial charge < -0.3 is 29.7 Å². The van der Waals surface area contributed by atoms with Crippen LogP contribution in [0.3, 0.4) is 0 Å². The van der Waals surface area contributed by atoms with Gasteiger partial charge in [0.15, 0.2) is 0 Å². The molecule has 1 aromatic rings. The summed E-state index contributed by atoms with van der Waals surface area (Å²) in [6, 6.07) is 6.07. The second-order valence-electron chi connectivity index (χ2n) is 10.7. The van der Waals surface area contributed by atoms with E-state index < -0.39 is 41.1 Å². The van der Waals surface area contributed by atoms with Crippen molar-refractivity contribution in [1.82, 2.24) is 4.90 Å².